The van der Waals surface area contributed by atoms with E-state index in [0.717, 1.165) is 22.4 Å². The Balaban J connectivity index is 2.31. The molecule has 0 aliphatic rings. The van der Waals surface area contributed by atoms with Crippen LogP contribution in [-0.2, 0) is 7.05 Å². The lowest BCUT2D eigenvalue weighted by Crippen LogP contribution is -1.97. The van der Waals surface area contributed by atoms with Crippen molar-refractivity contribution < 1.29 is 0 Å². The molecule has 0 aliphatic carbocycles. The first-order valence-electron chi connectivity index (χ1n) is 6.05. The molecule has 0 spiro atoms. The van der Waals surface area contributed by atoms with Gasteiger partial charge in [-0.2, -0.15) is 0 Å². The van der Waals surface area contributed by atoms with E-state index < -0.39 is 0 Å². The minimum atomic E-state index is 0.635. The second-order valence-corrected chi connectivity index (χ2v) is 5.11. The number of aryl methyl sites for hydroxylation is 2. The fraction of sp³-hybridized carbons (Fsp3) is 0.133. The molecular formula is C15H14ClN3. The highest BCUT2D eigenvalue weighted by Crippen LogP contribution is 2.30. The van der Waals surface area contributed by atoms with Crippen molar-refractivity contribution in [2.24, 2.45) is 7.05 Å². The third kappa shape index (κ3) is 1.87. The van der Waals surface area contributed by atoms with E-state index in [4.69, 9.17) is 17.3 Å². The summed E-state index contributed by atoms with van der Waals surface area (Å²) in [5.41, 5.74) is 10.9. The van der Waals surface area contributed by atoms with Gasteiger partial charge in [0.25, 0.3) is 0 Å². The zero-order valence-corrected chi connectivity index (χ0v) is 11.6. The number of hydrogen-bond acceptors (Lipinski definition) is 2. The van der Waals surface area contributed by atoms with E-state index in [0.29, 0.717) is 10.7 Å². The number of nitrogens with two attached hydrogens (primary N) is 1. The van der Waals surface area contributed by atoms with Gasteiger partial charge in [-0.05, 0) is 36.8 Å². The number of hydrogen-bond donors (Lipinski definition) is 1. The molecule has 0 radical (unpaired) electrons. The van der Waals surface area contributed by atoms with Gasteiger partial charge in [0.2, 0.25) is 0 Å². The van der Waals surface area contributed by atoms with Crippen molar-refractivity contribution in [3.05, 3.63) is 47.0 Å². The Hall–Kier alpha value is -2.00. The number of para-hydroxylation sites is 1. The van der Waals surface area contributed by atoms with Crippen LogP contribution in [0, 0.1) is 6.92 Å². The molecule has 0 bridgehead atoms. The molecule has 2 aromatic carbocycles. The molecule has 3 nitrogen and oxygen atoms in total. The van der Waals surface area contributed by atoms with Gasteiger partial charge >= 0.3 is 0 Å². The van der Waals surface area contributed by atoms with E-state index in [1.54, 1.807) is 6.07 Å². The average Bonchev–Trinajstić information content (AvgIpc) is 2.68. The molecule has 0 amide bonds. The summed E-state index contributed by atoms with van der Waals surface area (Å²) in [4.78, 5) is 4.67. The molecule has 4 heteroatoms. The Labute approximate surface area is 116 Å². The first kappa shape index (κ1) is 12.1. The van der Waals surface area contributed by atoms with Gasteiger partial charge in [-0.1, -0.05) is 23.7 Å². The van der Waals surface area contributed by atoms with Crippen LogP contribution in [0.1, 0.15) is 5.56 Å². The normalized spacial score (nSPS) is 11.1. The van der Waals surface area contributed by atoms with Crippen molar-refractivity contribution in [3.63, 3.8) is 0 Å². The van der Waals surface area contributed by atoms with Crippen LogP contribution in [0.3, 0.4) is 0 Å². The second kappa shape index (κ2) is 4.28. The fourth-order valence-corrected chi connectivity index (χ4v) is 2.62. The number of anilines is 1. The monoisotopic (exact) mass is 271 g/mol. The largest absolute Gasteiger partial charge is 0.398 e. The summed E-state index contributed by atoms with van der Waals surface area (Å²) < 4.78 is 2.07. The van der Waals surface area contributed by atoms with Crippen molar-refractivity contribution in [2.45, 2.75) is 6.92 Å². The number of aromatic nitrogens is 2. The second-order valence-electron chi connectivity index (χ2n) is 4.67. The highest BCUT2D eigenvalue weighted by atomic mass is 35.5. The lowest BCUT2D eigenvalue weighted by molar-refractivity contribution is 0.956. The van der Waals surface area contributed by atoms with Gasteiger partial charge in [0.05, 0.1) is 11.0 Å². The van der Waals surface area contributed by atoms with Crippen molar-refractivity contribution in [2.75, 3.05) is 5.73 Å². The smallest absolute Gasteiger partial charge is 0.142 e. The quantitative estimate of drug-likeness (QED) is 0.685. The van der Waals surface area contributed by atoms with E-state index in [-0.39, 0.29) is 0 Å². The first-order valence-corrected chi connectivity index (χ1v) is 6.43. The van der Waals surface area contributed by atoms with Crippen LogP contribution in [-0.4, -0.2) is 9.55 Å². The van der Waals surface area contributed by atoms with Gasteiger partial charge in [-0.25, -0.2) is 4.98 Å². The predicted octanol–water partition coefficient (Wildman–Crippen LogP) is 3.78. The molecule has 1 heterocycles. The summed E-state index contributed by atoms with van der Waals surface area (Å²) in [5, 5.41) is 0.635. The molecule has 0 atom stereocenters. The lowest BCUT2D eigenvalue weighted by atomic mass is 10.1. The van der Waals surface area contributed by atoms with Gasteiger partial charge < -0.3 is 10.3 Å². The summed E-state index contributed by atoms with van der Waals surface area (Å²) in [6.07, 6.45) is 0. The number of nitrogen functional groups attached to an aromatic ring is 1. The van der Waals surface area contributed by atoms with Gasteiger partial charge in [0.15, 0.2) is 0 Å². The molecule has 0 fully saturated rings. The SMILES string of the molecule is Cc1cccc2nc(-c3ccc(Cl)cc3N)n(C)c12. The Kier molecular flexibility index (Phi) is 2.72. The topological polar surface area (TPSA) is 43.8 Å². The molecule has 0 saturated carbocycles. The van der Waals surface area contributed by atoms with E-state index in [9.17, 15) is 0 Å². The highest BCUT2D eigenvalue weighted by Gasteiger charge is 2.13. The summed E-state index contributed by atoms with van der Waals surface area (Å²) in [6, 6.07) is 11.6. The number of benzene rings is 2. The molecule has 19 heavy (non-hydrogen) atoms. The number of imidazole rings is 1. The van der Waals surface area contributed by atoms with E-state index >= 15 is 0 Å². The fourth-order valence-electron chi connectivity index (χ4n) is 2.44. The zero-order valence-electron chi connectivity index (χ0n) is 10.8. The molecule has 3 aromatic rings. The highest BCUT2D eigenvalue weighted by molar-refractivity contribution is 6.31. The number of fused-ring (bicyclic) bond motifs is 1. The minimum Gasteiger partial charge on any atom is -0.398 e. The van der Waals surface area contributed by atoms with Crippen LogP contribution < -0.4 is 5.73 Å². The summed E-state index contributed by atoms with van der Waals surface area (Å²) in [6.45, 7) is 2.08. The van der Waals surface area contributed by atoms with Crippen LogP contribution in [0.2, 0.25) is 5.02 Å². The average molecular weight is 272 g/mol. The standard InChI is InChI=1S/C15H14ClN3/c1-9-4-3-5-13-14(9)19(2)15(18-13)11-7-6-10(16)8-12(11)17/h3-8H,17H2,1-2H3. The third-order valence-corrected chi connectivity index (χ3v) is 3.59. The number of rotatable bonds is 1. The molecular weight excluding hydrogens is 258 g/mol. The van der Waals surface area contributed by atoms with Crippen LogP contribution >= 0.6 is 11.6 Å². The summed E-state index contributed by atoms with van der Waals surface area (Å²) in [7, 11) is 2.01. The van der Waals surface area contributed by atoms with Crippen molar-refractivity contribution in [3.8, 4) is 11.4 Å². The molecule has 0 aliphatic heterocycles. The molecule has 1 aromatic heterocycles. The Bertz CT molecular complexity index is 774. The van der Waals surface area contributed by atoms with Crippen molar-refractivity contribution in [1.82, 2.24) is 9.55 Å². The van der Waals surface area contributed by atoms with E-state index in [2.05, 4.69) is 22.5 Å². The van der Waals surface area contributed by atoms with Crippen molar-refractivity contribution >= 4 is 28.3 Å². The lowest BCUT2D eigenvalue weighted by Gasteiger charge is -2.07. The third-order valence-electron chi connectivity index (χ3n) is 3.35. The summed E-state index contributed by atoms with van der Waals surface area (Å²) >= 11 is 5.94. The number of nitrogens with zero attached hydrogens (tertiary/aromatic N) is 2. The minimum absolute atomic E-state index is 0.635. The molecule has 3 rings (SSSR count). The molecule has 0 saturated heterocycles. The maximum absolute atomic E-state index is 6.04. The van der Waals surface area contributed by atoms with Crippen molar-refractivity contribution in [1.29, 1.82) is 0 Å². The first-order chi connectivity index (χ1) is 9.08. The van der Waals surface area contributed by atoms with E-state index in [1.165, 1.54) is 5.56 Å². The van der Waals surface area contributed by atoms with Gasteiger partial charge in [-0.3, -0.25) is 0 Å². The Morgan fingerprint density at radius 3 is 2.68 bits per heavy atom. The van der Waals surface area contributed by atoms with E-state index in [1.807, 2.05) is 31.3 Å². The predicted molar refractivity (Wildman–Crippen MR) is 80.3 cm³/mol. The van der Waals surface area contributed by atoms with Gasteiger partial charge in [0.1, 0.15) is 5.82 Å². The maximum atomic E-state index is 6.04. The Morgan fingerprint density at radius 1 is 1.21 bits per heavy atom. The molecule has 0 unspecified atom stereocenters. The molecule has 96 valence electrons. The van der Waals surface area contributed by atoms with Crippen LogP contribution in [0.4, 0.5) is 5.69 Å². The zero-order chi connectivity index (χ0) is 13.6. The maximum Gasteiger partial charge on any atom is 0.142 e. The Morgan fingerprint density at radius 2 is 2.00 bits per heavy atom. The number of halogens is 1. The summed E-state index contributed by atoms with van der Waals surface area (Å²) in [5.74, 6) is 0.860. The molecule has 2 N–H and O–H groups in total. The van der Waals surface area contributed by atoms with Gasteiger partial charge in [0, 0.05) is 23.3 Å². The van der Waals surface area contributed by atoms with Gasteiger partial charge in [-0.15, -0.1) is 0 Å². The van der Waals surface area contributed by atoms with Crippen LogP contribution in [0.15, 0.2) is 36.4 Å². The van der Waals surface area contributed by atoms with Crippen LogP contribution in [0.25, 0.3) is 22.4 Å². The van der Waals surface area contributed by atoms with Crippen LogP contribution in [0.5, 0.6) is 0 Å².